The minimum Gasteiger partial charge on any atom is -0.294 e. The van der Waals surface area contributed by atoms with Crippen molar-refractivity contribution in [2.75, 3.05) is 0 Å². The molecule has 0 saturated heterocycles. The van der Waals surface area contributed by atoms with Crippen LogP contribution in [0.3, 0.4) is 0 Å². The van der Waals surface area contributed by atoms with Crippen LogP contribution in [0.5, 0.6) is 0 Å². The summed E-state index contributed by atoms with van der Waals surface area (Å²) >= 11 is 0. The van der Waals surface area contributed by atoms with Gasteiger partial charge in [-0.2, -0.15) is 0 Å². The molecule has 0 N–H and O–H groups in total. The number of hydrogen-bond donors (Lipinski definition) is 0. The van der Waals surface area contributed by atoms with Gasteiger partial charge in [0.05, 0.1) is 0 Å². The summed E-state index contributed by atoms with van der Waals surface area (Å²) in [6.07, 6.45) is 4.02. The Labute approximate surface area is 113 Å². The molecule has 0 radical (unpaired) electrons. The van der Waals surface area contributed by atoms with Crippen molar-refractivity contribution in [3.8, 4) is 0 Å². The summed E-state index contributed by atoms with van der Waals surface area (Å²) in [4.78, 5) is 12.6. The molecule has 4 atom stereocenters. The quantitative estimate of drug-likeness (QED) is 0.735. The van der Waals surface area contributed by atoms with Crippen LogP contribution in [0.1, 0.15) is 40.7 Å². The van der Waals surface area contributed by atoms with E-state index < -0.39 is 0 Å². The Morgan fingerprint density at radius 1 is 1.11 bits per heavy atom. The summed E-state index contributed by atoms with van der Waals surface area (Å²) in [5.41, 5.74) is 1.92. The largest absolute Gasteiger partial charge is 0.294 e. The topological polar surface area (TPSA) is 17.1 Å². The Hall–Kier alpha value is -1.18. The van der Waals surface area contributed by atoms with Crippen LogP contribution in [-0.4, -0.2) is 5.78 Å². The van der Waals surface area contributed by atoms with Crippen molar-refractivity contribution in [2.24, 2.45) is 29.6 Å². The maximum Gasteiger partial charge on any atom is 0.166 e. The fourth-order valence-electron chi connectivity index (χ4n) is 4.96. The molecule has 3 fully saturated rings. The number of fused-ring (bicyclic) bond motifs is 5. The predicted octanol–water partition coefficient (Wildman–Crippen LogP) is 3.92. The molecule has 0 aromatic heterocycles. The van der Waals surface area contributed by atoms with E-state index in [4.69, 9.17) is 0 Å². The summed E-state index contributed by atoms with van der Waals surface area (Å²) in [5, 5.41) is 0. The number of ketones is 1. The highest BCUT2D eigenvalue weighted by atomic mass is 19.1. The minimum absolute atomic E-state index is 0.174. The van der Waals surface area contributed by atoms with E-state index in [1.807, 2.05) is 0 Å². The number of halogens is 1. The smallest absolute Gasteiger partial charge is 0.166 e. The normalized spacial score (nSPS) is 38.4. The van der Waals surface area contributed by atoms with E-state index in [0.717, 1.165) is 17.4 Å². The van der Waals surface area contributed by atoms with Crippen molar-refractivity contribution < 1.29 is 9.18 Å². The van der Waals surface area contributed by atoms with Crippen molar-refractivity contribution in [1.29, 1.82) is 0 Å². The van der Waals surface area contributed by atoms with Crippen molar-refractivity contribution in [1.82, 2.24) is 0 Å². The van der Waals surface area contributed by atoms with Gasteiger partial charge >= 0.3 is 0 Å². The van der Waals surface area contributed by atoms with Crippen LogP contribution < -0.4 is 0 Å². The van der Waals surface area contributed by atoms with E-state index >= 15 is 0 Å². The molecule has 0 spiro atoms. The first-order valence-electron chi connectivity index (χ1n) is 7.39. The predicted molar refractivity (Wildman–Crippen MR) is 71.5 cm³/mol. The Morgan fingerprint density at radius 3 is 2.16 bits per heavy atom. The van der Waals surface area contributed by atoms with Gasteiger partial charge in [-0.05, 0) is 80.0 Å². The van der Waals surface area contributed by atoms with Gasteiger partial charge in [-0.3, -0.25) is 4.79 Å². The van der Waals surface area contributed by atoms with Crippen LogP contribution in [0.4, 0.5) is 4.39 Å². The fourth-order valence-corrected chi connectivity index (χ4v) is 4.96. The van der Waals surface area contributed by atoms with E-state index in [1.54, 1.807) is 26.0 Å². The van der Waals surface area contributed by atoms with Crippen LogP contribution in [0.15, 0.2) is 12.1 Å². The molecule has 1 aromatic rings. The Morgan fingerprint density at radius 2 is 1.63 bits per heavy atom. The number of hydrogen-bond acceptors (Lipinski definition) is 1. The summed E-state index contributed by atoms with van der Waals surface area (Å²) in [5.74, 6) is 3.31. The molecule has 3 aliphatic carbocycles. The highest BCUT2D eigenvalue weighted by Gasteiger charge is 2.67. The highest BCUT2D eigenvalue weighted by molar-refractivity contribution is 6.00. The molecule has 19 heavy (non-hydrogen) atoms. The van der Waals surface area contributed by atoms with Crippen LogP contribution in [0.2, 0.25) is 0 Å². The third-order valence-electron chi connectivity index (χ3n) is 5.76. The van der Waals surface area contributed by atoms with Gasteiger partial charge in [0, 0.05) is 11.5 Å². The van der Waals surface area contributed by atoms with Crippen LogP contribution in [-0.2, 0) is 0 Å². The van der Waals surface area contributed by atoms with E-state index in [9.17, 15) is 9.18 Å². The van der Waals surface area contributed by atoms with Gasteiger partial charge in [-0.25, -0.2) is 4.39 Å². The molecule has 2 heteroatoms. The third-order valence-corrected chi connectivity index (χ3v) is 5.76. The molecule has 4 unspecified atom stereocenters. The van der Waals surface area contributed by atoms with Gasteiger partial charge in [0.25, 0.3) is 0 Å². The lowest BCUT2D eigenvalue weighted by atomic mass is 9.94. The number of aryl methyl sites for hydroxylation is 2. The zero-order chi connectivity index (χ0) is 13.3. The molecule has 100 valence electrons. The number of rotatable bonds is 2. The molecule has 0 amide bonds. The van der Waals surface area contributed by atoms with Crippen molar-refractivity contribution in [2.45, 2.75) is 33.1 Å². The second kappa shape index (κ2) is 3.68. The molecule has 1 aromatic carbocycles. The third kappa shape index (κ3) is 1.49. The maximum absolute atomic E-state index is 13.6. The first-order valence-corrected chi connectivity index (χ1v) is 7.39. The Kier molecular flexibility index (Phi) is 2.25. The van der Waals surface area contributed by atoms with Gasteiger partial charge < -0.3 is 0 Å². The van der Waals surface area contributed by atoms with Gasteiger partial charge in [0.1, 0.15) is 5.82 Å². The van der Waals surface area contributed by atoms with Gasteiger partial charge in [0.2, 0.25) is 0 Å². The number of carbonyl (C=O) groups is 1. The average Bonchev–Trinajstić information content (AvgIpc) is 2.82. The standard InChI is InChI=1S/C17H19FO/c1-8-5-12(6-9(2)16(8)18)17(19)15-13-10-3-4-11(7-10)14(13)15/h5-6,10-11,13-15H,3-4,7H2,1-2H3. The van der Waals surface area contributed by atoms with E-state index in [-0.39, 0.29) is 17.5 Å². The van der Waals surface area contributed by atoms with E-state index in [0.29, 0.717) is 23.0 Å². The SMILES string of the molecule is Cc1cc(C(=O)C2C3C4CCC(C4)C23)cc(C)c1F. The second-order valence-corrected chi connectivity index (χ2v) is 6.80. The molecule has 3 aliphatic rings. The highest BCUT2D eigenvalue weighted by Crippen LogP contribution is 2.69. The maximum atomic E-state index is 13.6. The summed E-state index contributed by atoms with van der Waals surface area (Å²) < 4.78 is 13.6. The zero-order valence-electron chi connectivity index (χ0n) is 11.4. The lowest BCUT2D eigenvalue weighted by Crippen LogP contribution is -2.11. The summed E-state index contributed by atoms with van der Waals surface area (Å²) in [6.45, 7) is 3.49. The molecule has 1 nitrogen and oxygen atoms in total. The lowest BCUT2D eigenvalue weighted by molar-refractivity contribution is 0.0944. The van der Waals surface area contributed by atoms with Crippen LogP contribution in [0.25, 0.3) is 0 Å². The van der Waals surface area contributed by atoms with E-state index in [2.05, 4.69) is 0 Å². The lowest BCUT2D eigenvalue weighted by Gasteiger charge is -2.10. The molecule has 4 rings (SSSR count). The second-order valence-electron chi connectivity index (χ2n) is 6.80. The monoisotopic (exact) mass is 258 g/mol. The number of carbonyl (C=O) groups excluding carboxylic acids is 1. The molecule has 0 aliphatic heterocycles. The number of benzene rings is 1. The fraction of sp³-hybridized carbons (Fsp3) is 0.588. The van der Waals surface area contributed by atoms with E-state index in [1.165, 1.54) is 19.3 Å². The Bertz CT molecular complexity index is 538. The molecule has 0 heterocycles. The first-order chi connectivity index (χ1) is 9.08. The van der Waals surface area contributed by atoms with Gasteiger partial charge in [-0.15, -0.1) is 0 Å². The molecular weight excluding hydrogens is 239 g/mol. The average molecular weight is 258 g/mol. The van der Waals surface area contributed by atoms with Gasteiger partial charge in [-0.1, -0.05) is 0 Å². The summed E-state index contributed by atoms with van der Waals surface area (Å²) in [7, 11) is 0. The molecule has 2 bridgehead atoms. The summed E-state index contributed by atoms with van der Waals surface area (Å²) in [6, 6.07) is 3.47. The molecule has 3 saturated carbocycles. The number of Topliss-reactive ketones (excluding diaryl/α,β-unsaturated/α-hetero) is 1. The Balaban J connectivity index is 1.63. The van der Waals surface area contributed by atoms with Crippen molar-refractivity contribution in [3.05, 3.63) is 34.6 Å². The van der Waals surface area contributed by atoms with Crippen LogP contribution in [0, 0.1) is 49.3 Å². The van der Waals surface area contributed by atoms with Gasteiger partial charge in [0.15, 0.2) is 5.78 Å². The van der Waals surface area contributed by atoms with Crippen molar-refractivity contribution >= 4 is 5.78 Å². The first kappa shape index (κ1) is 11.6. The zero-order valence-corrected chi connectivity index (χ0v) is 11.4. The van der Waals surface area contributed by atoms with Crippen LogP contribution >= 0.6 is 0 Å². The minimum atomic E-state index is -0.174. The van der Waals surface area contributed by atoms with Crippen molar-refractivity contribution in [3.63, 3.8) is 0 Å². The molecular formula is C17H19FO.